The average Bonchev–Trinajstić information content (AvgIpc) is 2.43. The number of hydrogen-bond acceptors (Lipinski definition) is 2. The zero-order valence-corrected chi connectivity index (χ0v) is 12.8. The van der Waals surface area contributed by atoms with Crippen LogP contribution in [0, 0.1) is 0 Å². The Labute approximate surface area is 122 Å². The van der Waals surface area contributed by atoms with Crippen LogP contribution in [0.15, 0.2) is 43.0 Å². The highest BCUT2D eigenvalue weighted by Gasteiger charge is 2.23. The van der Waals surface area contributed by atoms with Crippen LogP contribution in [0.3, 0.4) is 0 Å². The van der Waals surface area contributed by atoms with Crippen LogP contribution in [-0.4, -0.2) is 24.0 Å². The zero-order valence-electron chi connectivity index (χ0n) is 12.8. The van der Waals surface area contributed by atoms with Crippen LogP contribution in [-0.2, 0) is 11.2 Å². The minimum Gasteiger partial charge on any atom is -0.351 e. The number of rotatable bonds is 8. The van der Waals surface area contributed by atoms with Crippen molar-refractivity contribution in [3.8, 4) is 0 Å². The Bertz CT molecular complexity index is 426. The molecule has 0 aliphatic heterocycles. The molecule has 0 aliphatic rings. The lowest BCUT2D eigenvalue weighted by Crippen LogP contribution is -2.51. The molecule has 20 heavy (non-hydrogen) atoms. The predicted molar refractivity (Wildman–Crippen MR) is 84.6 cm³/mol. The molecule has 1 aromatic carbocycles. The highest BCUT2D eigenvalue weighted by Crippen LogP contribution is 2.14. The minimum atomic E-state index is -0.208. The number of nitrogens with one attached hydrogen (secondary N) is 2. The van der Waals surface area contributed by atoms with Gasteiger partial charge in [-0.3, -0.25) is 4.79 Å². The molecule has 0 aromatic heterocycles. The van der Waals surface area contributed by atoms with Gasteiger partial charge in [0, 0.05) is 12.1 Å². The summed E-state index contributed by atoms with van der Waals surface area (Å²) in [6.45, 7) is 10.3. The standard InChI is InChI=1S/C17H26N2O/c1-5-13-18-16(20)14(2)19-17(3,4)12-11-15-9-7-6-8-10-15/h5-10,14,19H,1,11-13H2,2-4H3,(H,18,20). The molecule has 1 aromatic rings. The van der Waals surface area contributed by atoms with Gasteiger partial charge in [0.25, 0.3) is 0 Å². The second-order valence-corrected chi connectivity index (χ2v) is 5.77. The maximum Gasteiger partial charge on any atom is 0.237 e. The maximum atomic E-state index is 11.8. The molecule has 0 saturated heterocycles. The fourth-order valence-corrected chi connectivity index (χ4v) is 2.15. The molecule has 0 spiro atoms. The van der Waals surface area contributed by atoms with Crippen molar-refractivity contribution in [3.63, 3.8) is 0 Å². The van der Waals surface area contributed by atoms with Crippen molar-refractivity contribution < 1.29 is 4.79 Å². The Morgan fingerprint density at radius 2 is 2.00 bits per heavy atom. The molecular weight excluding hydrogens is 248 g/mol. The third kappa shape index (κ3) is 6.02. The van der Waals surface area contributed by atoms with Gasteiger partial charge in [0.1, 0.15) is 0 Å². The van der Waals surface area contributed by atoms with Crippen molar-refractivity contribution in [2.45, 2.75) is 45.2 Å². The Morgan fingerprint density at radius 1 is 1.35 bits per heavy atom. The molecule has 1 rings (SSSR count). The fraction of sp³-hybridized carbons (Fsp3) is 0.471. The van der Waals surface area contributed by atoms with E-state index in [-0.39, 0.29) is 17.5 Å². The van der Waals surface area contributed by atoms with Crippen LogP contribution < -0.4 is 10.6 Å². The normalized spacial score (nSPS) is 12.8. The van der Waals surface area contributed by atoms with Crippen LogP contribution in [0.5, 0.6) is 0 Å². The highest BCUT2D eigenvalue weighted by atomic mass is 16.2. The number of carbonyl (C=O) groups is 1. The largest absolute Gasteiger partial charge is 0.351 e. The molecule has 0 bridgehead atoms. The maximum absolute atomic E-state index is 11.8. The molecule has 1 atom stereocenters. The summed E-state index contributed by atoms with van der Waals surface area (Å²) < 4.78 is 0. The first-order chi connectivity index (χ1) is 9.44. The van der Waals surface area contributed by atoms with Gasteiger partial charge < -0.3 is 10.6 Å². The van der Waals surface area contributed by atoms with E-state index in [0.29, 0.717) is 6.54 Å². The summed E-state index contributed by atoms with van der Waals surface area (Å²) >= 11 is 0. The van der Waals surface area contributed by atoms with Gasteiger partial charge in [-0.2, -0.15) is 0 Å². The highest BCUT2D eigenvalue weighted by molar-refractivity contribution is 5.81. The molecule has 0 heterocycles. The van der Waals surface area contributed by atoms with Gasteiger partial charge in [-0.05, 0) is 39.2 Å². The van der Waals surface area contributed by atoms with Crippen molar-refractivity contribution >= 4 is 5.91 Å². The summed E-state index contributed by atoms with van der Waals surface area (Å²) in [5, 5.41) is 6.20. The van der Waals surface area contributed by atoms with E-state index < -0.39 is 0 Å². The molecule has 110 valence electrons. The van der Waals surface area contributed by atoms with Crippen LogP contribution in [0.2, 0.25) is 0 Å². The van der Waals surface area contributed by atoms with E-state index >= 15 is 0 Å². The smallest absolute Gasteiger partial charge is 0.237 e. The van der Waals surface area contributed by atoms with E-state index in [1.807, 2.05) is 13.0 Å². The molecule has 0 saturated carbocycles. The van der Waals surface area contributed by atoms with Gasteiger partial charge in [-0.25, -0.2) is 0 Å². The average molecular weight is 274 g/mol. The van der Waals surface area contributed by atoms with Crippen LogP contribution in [0.25, 0.3) is 0 Å². The van der Waals surface area contributed by atoms with Gasteiger partial charge in [0.05, 0.1) is 6.04 Å². The number of hydrogen-bond donors (Lipinski definition) is 2. The lowest BCUT2D eigenvalue weighted by Gasteiger charge is -2.30. The lowest BCUT2D eigenvalue weighted by molar-refractivity contribution is -0.123. The van der Waals surface area contributed by atoms with E-state index in [2.05, 4.69) is 55.3 Å². The summed E-state index contributed by atoms with van der Waals surface area (Å²) in [5.41, 5.74) is 1.24. The first kappa shape index (κ1) is 16.4. The molecule has 1 unspecified atom stereocenters. The molecular formula is C17H26N2O. The first-order valence-electron chi connectivity index (χ1n) is 7.15. The summed E-state index contributed by atoms with van der Waals surface area (Å²) in [5.74, 6) is 0.0117. The first-order valence-corrected chi connectivity index (χ1v) is 7.15. The number of amides is 1. The van der Waals surface area contributed by atoms with Crippen LogP contribution in [0.4, 0.5) is 0 Å². The van der Waals surface area contributed by atoms with Crippen molar-refractivity contribution in [1.82, 2.24) is 10.6 Å². The van der Waals surface area contributed by atoms with Crippen LogP contribution >= 0.6 is 0 Å². The van der Waals surface area contributed by atoms with E-state index in [9.17, 15) is 4.79 Å². The SMILES string of the molecule is C=CCNC(=O)C(C)NC(C)(C)CCc1ccccc1. The Balaban J connectivity index is 2.43. The Morgan fingerprint density at radius 3 is 2.60 bits per heavy atom. The van der Waals surface area contributed by atoms with Crippen molar-refractivity contribution in [2.75, 3.05) is 6.54 Å². The summed E-state index contributed by atoms with van der Waals surface area (Å²) in [4.78, 5) is 11.8. The number of benzene rings is 1. The Kier molecular flexibility index (Phi) is 6.46. The van der Waals surface area contributed by atoms with Crippen LogP contribution in [0.1, 0.15) is 32.8 Å². The predicted octanol–water partition coefficient (Wildman–Crippen LogP) is 2.68. The van der Waals surface area contributed by atoms with Crippen molar-refractivity contribution in [3.05, 3.63) is 48.6 Å². The molecule has 1 amide bonds. The summed E-state index contributed by atoms with van der Waals surface area (Å²) in [6, 6.07) is 10.2. The van der Waals surface area contributed by atoms with Gasteiger partial charge in [0.15, 0.2) is 0 Å². The molecule has 0 radical (unpaired) electrons. The zero-order chi connectivity index (χ0) is 15.0. The molecule has 2 N–H and O–H groups in total. The Hall–Kier alpha value is -1.61. The quantitative estimate of drug-likeness (QED) is 0.716. The molecule has 0 fully saturated rings. The van der Waals surface area contributed by atoms with Gasteiger partial charge >= 0.3 is 0 Å². The van der Waals surface area contributed by atoms with Gasteiger partial charge in [0.2, 0.25) is 5.91 Å². The van der Waals surface area contributed by atoms with Gasteiger partial charge in [-0.15, -0.1) is 6.58 Å². The third-order valence-corrected chi connectivity index (χ3v) is 3.30. The summed E-state index contributed by atoms with van der Waals surface area (Å²) in [6.07, 6.45) is 3.67. The van der Waals surface area contributed by atoms with E-state index in [1.54, 1.807) is 6.08 Å². The van der Waals surface area contributed by atoms with Gasteiger partial charge in [-0.1, -0.05) is 36.4 Å². The topological polar surface area (TPSA) is 41.1 Å². The second-order valence-electron chi connectivity index (χ2n) is 5.77. The third-order valence-electron chi connectivity index (χ3n) is 3.30. The van der Waals surface area contributed by atoms with E-state index in [4.69, 9.17) is 0 Å². The molecule has 3 heteroatoms. The minimum absolute atomic E-state index is 0.0117. The summed E-state index contributed by atoms with van der Waals surface area (Å²) in [7, 11) is 0. The monoisotopic (exact) mass is 274 g/mol. The fourth-order valence-electron chi connectivity index (χ4n) is 2.15. The lowest BCUT2D eigenvalue weighted by atomic mass is 9.94. The molecule has 3 nitrogen and oxygen atoms in total. The molecule has 0 aliphatic carbocycles. The van der Waals surface area contributed by atoms with E-state index in [1.165, 1.54) is 5.56 Å². The number of aryl methyl sites for hydroxylation is 1. The van der Waals surface area contributed by atoms with Crippen molar-refractivity contribution in [1.29, 1.82) is 0 Å². The van der Waals surface area contributed by atoms with E-state index in [0.717, 1.165) is 12.8 Å². The van der Waals surface area contributed by atoms with Crippen molar-refractivity contribution in [2.24, 2.45) is 0 Å². The second kappa shape index (κ2) is 7.85. The number of carbonyl (C=O) groups excluding carboxylic acids is 1.